The van der Waals surface area contributed by atoms with Crippen molar-refractivity contribution >= 4 is 22.0 Å². The van der Waals surface area contributed by atoms with Gasteiger partial charge in [-0.25, -0.2) is 4.68 Å². The Morgan fingerprint density at radius 1 is 1.38 bits per heavy atom. The van der Waals surface area contributed by atoms with Crippen LogP contribution in [0.2, 0.25) is 0 Å². The van der Waals surface area contributed by atoms with Crippen molar-refractivity contribution in [3.63, 3.8) is 0 Å². The molecule has 0 spiro atoms. The Hall–Kier alpha value is -1.46. The lowest BCUT2D eigenvalue weighted by Crippen LogP contribution is -1.97. The molecule has 16 heavy (non-hydrogen) atoms. The average molecular weight is 280 g/mol. The van der Waals surface area contributed by atoms with Crippen molar-refractivity contribution in [3.8, 4) is 5.69 Å². The van der Waals surface area contributed by atoms with E-state index in [2.05, 4.69) is 26.2 Å². The van der Waals surface area contributed by atoms with Gasteiger partial charge in [0.2, 0.25) is 0 Å². The summed E-state index contributed by atoms with van der Waals surface area (Å²) < 4.78 is 1.65. The summed E-state index contributed by atoms with van der Waals surface area (Å²) >= 11 is 3.25. The maximum absolute atomic E-state index is 8.93. The number of rotatable bonds is 3. The molecule has 0 saturated heterocycles. The Morgan fingerprint density at radius 3 is 2.88 bits per heavy atom. The molecule has 2 rings (SSSR count). The number of aliphatic hydroxyl groups excluding tert-OH is 1. The summed E-state index contributed by atoms with van der Waals surface area (Å²) in [7, 11) is 0. The maximum Gasteiger partial charge on any atom is 0.109 e. The number of aromatic nitrogens is 3. The normalized spacial score (nSPS) is 11.1. The van der Waals surface area contributed by atoms with E-state index in [1.807, 2.05) is 30.3 Å². The summed E-state index contributed by atoms with van der Waals surface area (Å²) in [5.41, 5.74) is 2.50. The van der Waals surface area contributed by atoms with Gasteiger partial charge in [-0.15, -0.1) is 5.10 Å². The lowest BCUT2D eigenvalue weighted by Gasteiger charge is -2.03. The molecule has 0 aliphatic heterocycles. The molecule has 0 bridgehead atoms. The van der Waals surface area contributed by atoms with E-state index in [0.29, 0.717) is 5.69 Å². The van der Waals surface area contributed by atoms with Crippen LogP contribution in [0.4, 0.5) is 0 Å². The van der Waals surface area contributed by atoms with Crippen LogP contribution < -0.4 is 0 Å². The molecule has 0 unspecified atom stereocenters. The van der Waals surface area contributed by atoms with E-state index in [0.717, 1.165) is 11.3 Å². The van der Waals surface area contributed by atoms with Crippen LogP contribution in [0, 0.1) is 0 Å². The number of benzene rings is 1. The standard InChI is InChI=1S/C11H10BrN3O/c12-6-5-9-3-1-2-4-11(9)15-7-10(8-16)13-14-15/h1-7,16H,8H2/b6-5+. The third-order valence-electron chi connectivity index (χ3n) is 2.13. The molecule has 82 valence electrons. The van der Waals surface area contributed by atoms with Gasteiger partial charge in [0.25, 0.3) is 0 Å². The molecule has 2 aromatic rings. The van der Waals surface area contributed by atoms with Crippen LogP contribution in [0.1, 0.15) is 11.3 Å². The minimum atomic E-state index is -0.101. The van der Waals surface area contributed by atoms with Gasteiger partial charge >= 0.3 is 0 Å². The largest absolute Gasteiger partial charge is 0.390 e. The predicted octanol–water partition coefficient (Wildman–Crippen LogP) is 2.13. The highest BCUT2D eigenvalue weighted by Gasteiger charge is 2.04. The fraction of sp³-hybridized carbons (Fsp3) is 0.0909. The summed E-state index contributed by atoms with van der Waals surface area (Å²) in [6, 6.07) is 7.81. The molecule has 0 amide bonds. The highest BCUT2D eigenvalue weighted by atomic mass is 79.9. The van der Waals surface area contributed by atoms with E-state index < -0.39 is 0 Å². The second-order valence-corrected chi connectivity index (χ2v) is 3.69. The molecule has 0 atom stereocenters. The Morgan fingerprint density at radius 2 is 2.19 bits per heavy atom. The number of para-hydroxylation sites is 1. The van der Waals surface area contributed by atoms with Crippen molar-refractivity contribution in [3.05, 3.63) is 46.7 Å². The molecule has 0 saturated carbocycles. The van der Waals surface area contributed by atoms with E-state index in [1.54, 1.807) is 15.9 Å². The van der Waals surface area contributed by atoms with Gasteiger partial charge < -0.3 is 5.11 Å². The van der Waals surface area contributed by atoms with Crippen LogP contribution in [-0.2, 0) is 6.61 Å². The van der Waals surface area contributed by atoms with E-state index >= 15 is 0 Å². The van der Waals surface area contributed by atoms with Gasteiger partial charge in [-0.2, -0.15) is 0 Å². The van der Waals surface area contributed by atoms with Crippen LogP contribution in [0.5, 0.6) is 0 Å². The fourth-order valence-electron chi connectivity index (χ4n) is 1.39. The molecule has 1 heterocycles. The van der Waals surface area contributed by atoms with Crippen molar-refractivity contribution in [2.75, 3.05) is 0 Å². The van der Waals surface area contributed by atoms with Gasteiger partial charge in [0.1, 0.15) is 5.69 Å². The molecule has 4 nitrogen and oxygen atoms in total. The molecule has 0 aliphatic rings. The zero-order valence-electron chi connectivity index (χ0n) is 8.42. The Balaban J connectivity index is 2.46. The summed E-state index contributed by atoms with van der Waals surface area (Å²) in [6.45, 7) is -0.101. The van der Waals surface area contributed by atoms with Crippen LogP contribution >= 0.6 is 15.9 Å². The first-order valence-corrected chi connectivity index (χ1v) is 5.65. The number of hydrogen-bond donors (Lipinski definition) is 1. The van der Waals surface area contributed by atoms with Gasteiger partial charge in [0, 0.05) is 5.56 Å². The van der Waals surface area contributed by atoms with Crippen molar-refractivity contribution in [1.29, 1.82) is 0 Å². The third kappa shape index (κ3) is 2.20. The van der Waals surface area contributed by atoms with Crippen molar-refractivity contribution in [2.24, 2.45) is 0 Å². The number of halogens is 1. The lowest BCUT2D eigenvalue weighted by atomic mass is 10.2. The first-order chi connectivity index (χ1) is 7.85. The molecule has 1 N–H and O–H groups in total. The molecule has 1 aromatic carbocycles. The first-order valence-electron chi connectivity index (χ1n) is 4.73. The van der Waals surface area contributed by atoms with Crippen LogP contribution in [0.15, 0.2) is 35.4 Å². The van der Waals surface area contributed by atoms with Gasteiger partial charge in [0.15, 0.2) is 0 Å². The van der Waals surface area contributed by atoms with E-state index in [-0.39, 0.29) is 6.61 Å². The fourth-order valence-corrected chi connectivity index (χ4v) is 1.68. The minimum absolute atomic E-state index is 0.101. The third-order valence-corrected chi connectivity index (χ3v) is 2.39. The predicted molar refractivity (Wildman–Crippen MR) is 65.2 cm³/mol. The van der Waals surface area contributed by atoms with Gasteiger partial charge in [-0.05, 0) is 17.1 Å². The second kappa shape index (κ2) is 5.05. The SMILES string of the molecule is OCc1cn(-c2ccccc2/C=C/Br)nn1. The number of aliphatic hydroxyl groups is 1. The zero-order valence-corrected chi connectivity index (χ0v) is 10.0. The Labute approximate surface area is 101 Å². The molecule has 0 radical (unpaired) electrons. The van der Waals surface area contributed by atoms with E-state index in [9.17, 15) is 0 Å². The zero-order chi connectivity index (χ0) is 11.4. The quantitative estimate of drug-likeness (QED) is 0.937. The smallest absolute Gasteiger partial charge is 0.109 e. The molecule has 0 aliphatic carbocycles. The lowest BCUT2D eigenvalue weighted by molar-refractivity contribution is 0.276. The van der Waals surface area contributed by atoms with Gasteiger partial charge in [-0.1, -0.05) is 39.3 Å². The van der Waals surface area contributed by atoms with Crippen molar-refractivity contribution in [1.82, 2.24) is 15.0 Å². The molecule has 0 fully saturated rings. The molecular formula is C11H10BrN3O. The highest BCUT2D eigenvalue weighted by molar-refractivity contribution is 9.11. The van der Waals surface area contributed by atoms with Gasteiger partial charge in [-0.3, -0.25) is 0 Å². The van der Waals surface area contributed by atoms with E-state index in [4.69, 9.17) is 5.11 Å². The second-order valence-electron chi connectivity index (χ2n) is 3.16. The first kappa shape index (κ1) is 11.0. The maximum atomic E-state index is 8.93. The van der Waals surface area contributed by atoms with E-state index in [1.165, 1.54) is 0 Å². The minimum Gasteiger partial charge on any atom is -0.390 e. The highest BCUT2D eigenvalue weighted by Crippen LogP contribution is 2.15. The average Bonchev–Trinajstić information content (AvgIpc) is 2.79. The Bertz CT molecular complexity index is 507. The van der Waals surface area contributed by atoms with Crippen molar-refractivity contribution in [2.45, 2.75) is 6.61 Å². The molecule has 1 aromatic heterocycles. The number of hydrogen-bond acceptors (Lipinski definition) is 3. The van der Waals surface area contributed by atoms with Crippen molar-refractivity contribution < 1.29 is 5.11 Å². The topological polar surface area (TPSA) is 50.9 Å². The molecular weight excluding hydrogens is 270 g/mol. The van der Waals surface area contributed by atoms with Crippen LogP contribution in [0.3, 0.4) is 0 Å². The molecule has 5 heteroatoms. The Kier molecular flexibility index (Phi) is 3.48. The van der Waals surface area contributed by atoms with Crippen LogP contribution in [0.25, 0.3) is 11.8 Å². The summed E-state index contributed by atoms with van der Waals surface area (Å²) in [6.07, 6.45) is 3.64. The summed E-state index contributed by atoms with van der Waals surface area (Å²) in [5, 5.41) is 16.7. The number of nitrogens with zero attached hydrogens (tertiary/aromatic N) is 3. The summed E-state index contributed by atoms with van der Waals surface area (Å²) in [4.78, 5) is 1.79. The van der Waals surface area contributed by atoms with Gasteiger partial charge in [0.05, 0.1) is 18.5 Å². The summed E-state index contributed by atoms with van der Waals surface area (Å²) in [5.74, 6) is 0. The van der Waals surface area contributed by atoms with Crippen LogP contribution in [-0.4, -0.2) is 20.1 Å². The monoisotopic (exact) mass is 279 g/mol.